The van der Waals surface area contributed by atoms with Crippen molar-refractivity contribution >= 4 is 27.2 Å². The van der Waals surface area contributed by atoms with E-state index in [1.54, 1.807) is 12.1 Å². The van der Waals surface area contributed by atoms with Crippen molar-refractivity contribution in [2.75, 3.05) is 12.4 Å². The average molecular weight is 314 g/mol. The molecule has 3 N–H and O–H groups in total. The first-order valence-electron chi connectivity index (χ1n) is 6.44. The Balaban J connectivity index is 2.09. The number of benzene rings is 1. The minimum Gasteiger partial charge on any atom is -0.392 e. The molecule has 1 aliphatic heterocycles. The van der Waals surface area contributed by atoms with Gasteiger partial charge in [0.15, 0.2) is 0 Å². The molecule has 0 saturated carbocycles. The number of sulfonamides is 1. The summed E-state index contributed by atoms with van der Waals surface area (Å²) in [7, 11) is -3.50. The Labute approximate surface area is 124 Å². The van der Waals surface area contributed by atoms with Gasteiger partial charge in [-0.25, -0.2) is 13.1 Å². The summed E-state index contributed by atoms with van der Waals surface area (Å²) in [5.41, 5.74) is 6.39. The third-order valence-corrected chi connectivity index (χ3v) is 4.79. The second-order valence-electron chi connectivity index (χ2n) is 4.78. The van der Waals surface area contributed by atoms with Crippen molar-refractivity contribution in [1.29, 1.82) is 0 Å². The zero-order valence-electron chi connectivity index (χ0n) is 11.0. The fourth-order valence-corrected chi connectivity index (χ4v) is 3.92. The molecule has 1 saturated heterocycles. The number of nitrogens with one attached hydrogen (secondary N) is 1. The van der Waals surface area contributed by atoms with Crippen LogP contribution in [0.5, 0.6) is 0 Å². The number of ether oxygens (including phenoxy) is 1. The third-order valence-electron chi connectivity index (χ3n) is 3.14. The molecule has 0 spiro atoms. The Morgan fingerprint density at radius 1 is 1.45 bits per heavy atom. The predicted octanol–water partition coefficient (Wildman–Crippen LogP) is 1.11. The number of hydrogen-bond donors (Lipinski definition) is 2. The standard InChI is InChI=1S/C13H18N2O3S2/c14-13(19)12(10-5-2-1-3-6-10)15-20(16,17)9-11-7-4-8-18-11/h1-3,5-6,11-12,15H,4,7-9H2,(H2,14,19). The lowest BCUT2D eigenvalue weighted by molar-refractivity contribution is 0.127. The Morgan fingerprint density at radius 2 is 2.15 bits per heavy atom. The van der Waals surface area contributed by atoms with Gasteiger partial charge in [0.2, 0.25) is 10.0 Å². The van der Waals surface area contributed by atoms with Gasteiger partial charge in [-0.15, -0.1) is 0 Å². The van der Waals surface area contributed by atoms with E-state index in [0.29, 0.717) is 6.61 Å². The van der Waals surface area contributed by atoms with E-state index in [2.05, 4.69) is 4.72 Å². The zero-order valence-corrected chi connectivity index (χ0v) is 12.6. The summed E-state index contributed by atoms with van der Waals surface area (Å²) in [6.45, 7) is 0.623. The summed E-state index contributed by atoms with van der Waals surface area (Å²) >= 11 is 4.97. The van der Waals surface area contributed by atoms with Gasteiger partial charge in [0.05, 0.1) is 22.9 Å². The summed E-state index contributed by atoms with van der Waals surface area (Å²) in [6, 6.07) is 8.37. The van der Waals surface area contributed by atoms with Crippen molar-refractivity contribution < 1.29 is 13.2 Å². The van der Waals surface area contributed by atoms with E-state index in [-0.39, 0.29) is 16.8 Å². The van der Waals surface area contributed by atoms with Gasteiger partial charge < -0.3 is 10.5 Å². The zero-order chi connectivity index (χ0) is 14.6. The molecular weight excluding hydrogens is 296 g/mol. The summed E-state index contributed by atoms with van der Waals surface area (Å²) < 4.78 is 32.3. The molecule has 20 heavy (non-hydrogen) atoms. The van der Waals surface area contributed by atoms with Crippen LogP contribution in [0.3, 0.4) is 0 Å². The van der Waals surface area contributed by atoms with Crippen LogP contribution in [0.2, 0.25) is 0 Å². The molecule has 5 nitrogen and oxygen atoms in total. The minimum absolute atomic E-state index is 0.0566. The molecule has 0 radical (unpaired) electrons. The van der Waals surface area contributed by atoms with Crippen LogP contribution < -0.4 is 10.5 Å². The molecule has 0 aliphatic carbocycles. The molecule has 2 unspecified atom stereocenters. The Bertz CT molecular complexity index is 554. The highest BCUT2D eigenvalue weighted by atomic mass is 32.2. The van der Waals surface area contributed by atoms with E-state index in [4.69, 9.17) is 22.7 Å². The van der Waals surface area contributed by atoms with Gasteiger partial charge in [0.1, 0.15) is 0 Å². The molecule has 2 rings (SSSR count). The van der Waals surface area contributed by atoms with Crippen LogP contribution in [-0.2, 0) is 14.8 Å². The van der Waals surface area contributed by atoms with Crippen LogP contribution in [0.15, 0.2) is 30.3 Å². The summed E-state index contributed by atoms with van der Waals surface area (Å²) in [5.74, 6) is -0.0566. The first-order chi connectivity index (χ1) is 9.48. The molecule has 0 amide bonds. The molecule has 1 aliphatic rings. The summed E-state index contributed by atoms with van der Waals surface area (Å²) in [6.07, 6.45) is 1.43. The van der Waals surface area contributed by atoms with E-state index in [9.17, 15) is 8.42 Å². The fraction of sp³-hybridized carbons (Fsp3) is 0.462. The van der Waals surface area contributed by atoms with E-state index in [0.717, 1.165) is 18.4 Å². The third kappa shape index (κ3) is 4.24. The van der Waals surface area contributed by atoms with Crippen LogP contribution in [0.1, 0.15) is 24.4 Å². The van der Waals surface area contributed by atoms with Crippen molar-refractivity contribution in [3.63, 3.8) is 0 Å². The predicted molar refractivity (Wildman–Crippen MR) is 81.9 cm³/mol. The molecular formula is C13H18N2O3S2. The Morgan fingerprint density at radius 3 is 2.70 bits per heavy atom. The number of hydrogen-bond acceptors (Lipinski definition) is 4. The van der Waals surface area contributed by atoms with E-state index >= 15 is 0 Å². The monoisotopic (exact) mass is 314 g/mol. The second kappa shape index (κ2) is 6.62. The highest BCUT2D eigenvalue weighted by Crippen LogP contribution is 2.17. The molecule has 110 valence electrons. The Hall–Kier alpha value is -1.02. The highest BCUT2D eigenvalue weighted by Gasteiger charge is 2.27. The highest BCUT2D eigenvalue weighted by molar-refractivity contribution is 7.89. The van der Waals surface area contributed by atoms with Crippen molar-refractivity contribution in [2.45, 2.75) is 25.0 Å². The van der Waals surface area contributed by atoms with Crippen LogP contribution in [0, 0.1) is 0 Å². The number of nitrogens with two attached hydrogens (primary N) is 1. The maximum absolute atomic E-state index is 12.2. The molecule has 0 aromatic heterocycles. The van der Waals surface area contributed by atoms with Gasteiger partial charge >= 0.3 is 0 Å². The van der Waals surface area contributed by atoms with Crippen LogP contribution in [-0.4, -0.2) is 31.9 Å². The SMILES string of the molecule is NC(=S)C(NS(=O)(=O)CC1CCCO1)c1ccccc1. The van der Waals surface area contributed by atoms with Crippen molar-refractivity contribution in [1.82, 2.24) is 4.72 Å². The molecule has 1 fully saturated rings. The molecule has 7 heteroatoms. The summed E-state index contributed by atoms with van der Waals surface area (Å²) in [4.78, 5) is 0.104. The van der Waals surface area contributed by atoms with Crippen LogP contribution >= 0.6 is 12.2 Å². The largest absolute Gasteiger partial charge is 0.392 e. The van der Waals surface area contributed by atoms with E-state index in [1.165, 1.54) is 0 Å². The quantitative estimate of drug-likeness (QED) is 0.769. The Kier molecular flexibility index (Phi) is 5.09. The lowest BCUT2D eigenvalue weighted by Crippen LogP contribution is -2.39. The van der Waals surface area contributed by atoms with Gasteiger partial charge in [0, 0.05) is 6.61 Å². The average Bonchev–Trinajstić information content (AvgIpc) is 2.89. The van der Waals surface area contributed by atoms with Crippen LogP contribution in [0.25, 0.3) is 0 Å². The lowest BCUT2D eigenvalue weighted by atomic mass is 10.1. The topological polar surface area (TPSA) is 81.4 Å². The molecule has 0 bridgehead atoms. The molecule has 1 aromatic carbocycles. The lowest BCUT2D eigenvalue weighted by Gasteiger charge is -2.19. The van der Waals surface area contributed by atoms with Gasteiger partial charge in [0.25, 0.3) is 0 Å². The smallest absolute Gasteiger partial charge is 0.215 e. The van der Waals surface area contributed by atoms with Crippen molar-refractivity contribution in [2.24, 2.45) is 5.73 Å². The first kappa shape index (κ1) is 15.4. The maximum atomic E-state index is 12.2. The van der Waals surface area contributed by atoms with Gasteiger partial charge in [-0.1, -0.05) is 42.5 Å². The normalized spacial score (nSPS) is 20.7. The van der Waals surface area contributed by atoms with E-state index in [1.807, 2.05) is 18.2 Å². The molecule has 1 heterocycles. The van der Waals surface area contributed by atoms with Gasteiger partial charge in [-0.05, 0) is 18.4 Å². The fourth-order valence-electron chi connectivity index (χ4n) is 2.18. The second-order valence-corrected chi connectivity index (χ2v) is 7.05. The number of rotatable bonds is 6. The number of thiocarbonyl (C=S) groups is 1. The maximum Gasteiger partial charge on any atom is 0.215 e. The van der Waals surface area contributed by atoms with Gasteiger partial charge in [-0.3, -0.25) is 0 Å². The molecule has 1 aromatic rings. The van der Waals surface area contributed by atoms with E-state index < -0.39 is 16.1 Å². The van der Waals surface area contributed by atoms with Gasteiger partial charge in [-0.2, -0.15) is 0 Å². The summed E-state index contributed by atoms with van der Waals surface area (Å²) in [5, 5.41) is 0. The van der Waals surface area contributed by atoms with Crippen LogP contribution in [0.4, 0.5) is 0 Å². The van der Waals surface area contributed by atoms with Crippen molar-refractivity contribution in [3.8, 4) is 0 Å². The minimum atomic E-state index is -3.50. The first-order valence-corrected chi connectivity index (χ1v) is 8.50. The van der Waals surface area contributed by atoms with Crippen molar-refractivity contribution in [3.05, 3.63) is 35.9 Å². The molecule has 2 atom stereocenters.